The standard InChI is InChI=1S/C19H28N2O3/c1-13(2)19(4,24)12-20-18(23)11-17-16-8-6-5-7-15(16)9-10-21(17)14(3)22/h5-8,13,17,24H,9-12H2,1-4H3,(H,20,23). The van der Waals surface area contributed by atoms with Gasteiger partial charge in [-0.15, -0.1) is 0 Å². The second-order valence-electron chi connectivity index (χ2n) is 7.17. The average Bonchev–Trinajstić information content (AvgIpc) is 2.53. The highest BCUT2D eigenvalue weighted by atomic mass is 16.3. The van der Waals surface area contributed by atoms with Crippen LogP contribution in [0.1, 0.15) is 51.3 Å². The summed E-state index contributed by atoms with van der Waals surface area (Å²) in [5.74, 6) is -0.123. The molecule has 0 aliphatic carbocycles. The molecule has 1 heterocycles. The molecule has 1 aromatic rings. The van der Waals surface area contributed by atoms with Gasteiger partial charge in [-0.05, 0) is 30.4 Å². The Hall–Kier alpha value is -1.88. The first kappa shape index (κ1) is 18.5. The van der Waals surface area contributed by atoms with Gasteiger partial charge in [0.25, 0.3) is 0 Å². The van der Waals surface area contributed by atoms with E-state index in [0.29, 0.717) is 6.54 Å². The molecule has 24 heavy (non-hydrogen) atoms. The highest BCUT2D eigenvalue weighted by Crippen LogP contribution is 2.32. The molecule has 2 rings (SSSR count). The van der Waals surface area contributed by atoms with Crippen molar-refractivity contribution in [2.75, 3.05) is 13.1 Å². The van der Waals surface area contributed by atoms with Crippen LogP contribution in [0.15, 0.2) is 24.3 Å². The molecule has 2 unspecified atom stereocenters. The minimum atomic E-state index is -0.944. The van der Waals surface area contributed by atoms with E-state index >= 15 is 0 Å². The van der Waals surface area contributed by atoms with Gasteiger partial charge in [0.2, 0.25) is 11.8 Å². The molecular weight excluding hydrogens is 304 g/mol. The lowest BCUT2D eigenvalue weighted by Gasteiger charge is -2.37. The lowest BCUT2D eigenvalue weighted by molar-refractivity contribution is -0.133. The fourth-order valence-electron chi connectivity index (χ4n) is 2.98. The number of hydrogen-bond donors (Lipinski definition) is 2. The van der Waals surface area contributed by atoms with Crippen molar-refractivity contribution in [3.8, 4) is 0 Å². The molecule has 132 valence electrons. The van der Waals surface area contributed by atoms with Crippen molar-refractivity contribution >= 4 is 11.8 Å². The van der Waals surface area contributed by atoms with Gasteiger partial charge < -0.3 is 15.3 Å². The summed E-state index contributed by atoms with van der Waals surface area (Å²) in [4.78, 5) is 26.1. The average molecular weight is 332 g/mol. The van der Waals surface area contributed by atoms with Crippen molar-refractivity contribution < 1.29 is 14.7 Å². The lowest BCUT2D eigenvalue weighted by atomic mass is 9.90. The molecule has 0 spiro atoms. The van der Waals surface area contributed by atoms with E-state index in [-0.39, 0.29) is 36.7 Å². The van der Waals surface area contributed by atoms with Gasteiger partial charge in [-0.3, -0.25) is 9.59 Å². The number of aliphatic hydroxyl groups is 1. The quantitative estimate of drug-likeness (QED) is 0.867. The number of nitrogens with zero attached hydrogens (tertiary/aromatic N) is 1. The van der Waals surface area contributed by atoms with Crippen LogP contribution in [0.3, 0.4) is 0 Å². The van der Waals surface area contributed by atoms with Crippen LogP contribution in [0, 0.1) is 5.92 Å². The zero-order valence-corrected chi connectivity index (χ0v) is 15.0. The first-order valence-corrected chi connectivity index (χ1v) is 8.56. The van der Waals surface area contributed by atoms with Crippen LogP contribution >= 0.6 is 0 Å². The monoisotopic (exact) mass is 332 g/mol. The first-order chi connectivity index (χ1) is 11.2. The maximum absolute atomic E-state index is 12.4. The van der Waals surface area contributed by atoms with Gasteiger partial charge in [-0.1, -0.05) is 38.1 Å². The first-order valence-electron chi connectivity index (χ1n) is 8.56. The van der Waals surface area contributed by atoms with E-state index in [1.165, 1.54) is 5.56 Å². The Morgan fingerprint density at radius 3 is 2.67 bits per heavy atom. The van der Waals surface area contributed by atoms with E-state index in [2.05, 4.69) is 11.4 Å². The number of hydrogen-bond acceptors (Lipinski definition) is 3. The van der Waals surface area contributed by atoms with Gasteiger partial charge in [0.05, 0.1) is 18.1 Å². The minimum Gasteiger partial charge on any atom is -0.388 e. The molecule has 0 bridgehead atoms. The van der Waals surface area contributed by atoms with Crippen molar-refractivity contribution in [3.05, 3.63) is 35.4 Å². The maximum Gasteiger partial charge on any atom is 0.222 e. The number of carbonyl (C=O) groups is 2. The van der Waals surface area contributed by atoms with E-state index in [9.17, 15) is 14.7 Å². The number of rotatable bonds is 5. The van der Waals surface area contributed by atoms with Crippen LogP contribution < -0.4 is 5.32 Å². The molecule has 1 aromatic carbocycles. The smallest absolute Gasteiger partial charge is 0.222 e. The Labute approximate surface area is 144 Å². The zero-order chi connectivity index (χ0) is 17.9. The molecule has 0 fully saturated rings. The van der Waals surface area contributed by atoms with E-state index in [1.54, 1.807) is 18.7 Å². The molecular formula is C19H28N2O3. The van der Waals surface area contributed by atoms with Crippen LogP contribution in [0.25, 0.3) is 0 Å². The van der Waals surface area contributed by atoms with Crippen LogP contribution in [-0.4, -0.2) is 40.5 Å². The van der Waals surface area contributed by atoms with Crippen molar-refractivity contribution in [1.29, 1.82) is 0 Å². The van der Waals surface area contributed by atoms with Crippen LogP contribution in [0.4, 0.5) is 0 Å². The second-order valence-corrected chi connectivity index (χ2v) is 7.17. The summed E-state index contributed by atoms with van der Waals surface area (Å²) < 4.78 is 0. The van der Waals surface area contributed by atoms with Gasteiger partial charge in [-0.2, -0.15) is 0 Å². The minimum absolute atomic E-state index is 0.0171. The Balaban J connectivity index is 2.10. The maximum atomic E-state index is 12.4. The van der Waals surface area contributed by atoms with Crippen molar-refractivity contribution in [2.24, 2.45) is 5.92 Å². The number of amides is 2. The van der Waals surface area contributed by atoms with Crippen LogP contribution in [-0.2, 0) is 16.0 Å². The third-order valence-electron chi connectivity index (χ3n) is 5.08. The zero-order valence-electron chi connectivity index (χ0n) is 15.0. The topological polar surface area (TPSA) is 69.6 Å². The molecule has 5 nitrogen and oxygen atoms in total. The molecule has 2 N–H and O–H groups in total. The van der Waals surface area contributed by atoms with Gasteiger partial charge in [-0.25, -0.2) is 0 Å². The SMILES string of the molecule is CC(=O)N1CCc2ccccc2C1CC(=O)NCC(C)(O)C(C)C. The highest BCUT2D eigenvalue weighted by Gasteiger charge is 2.31. The Bertz CT molecular complexity index is 610. The Kier molecular flexibility index (Phi) is 5.65. The van der Waals surface area contributed by atoms with Crippen LogP contribution in [0.5, 0.6) is 0 Å². The predicted molar refractivity (Wildman–Crippen MR) is 93.4 cm³/mol. The molecule has 0 saturated heterocycles. The summed E-state index contributed by atoms with van der Waals surface area (Å²) in [5.41, 5.74) is 1.30. The number of fused-ring (bicyclic) bond motifs is 1. The summed E-state index contributed by atoms with van der Waals surface area (Å²) in [6.07, 6.45) is 1.03. The molecule has 5 heteroatoms. The fraction of sp³-hybridized carbons (Fsp3) is 0.579. The van der Waals surface area contributed by atoms with E-state index < -0.39 is 5.60 Å². The largest absolute Gasteiger partial charge is 0.388 e. The molecule has 0 aromatic heterocycles. The van der Waals surface area contributed by atoms with E-state index in [4.69, 9.17) is 0 Å². The van der Waals surface area contributed by atoms with Crippen molar-refractivity contribution in [3.63, 3.8) is 0 Å². The third kappa shape index (κ3) is 4.15. The van der Waals surface area contributed by atoms with Gasteiger partial charge in [0.1, 0.15) is 0 Å². The van der Waals surface area contributed by atoms with Gasteiger partial charge >= 0.3 is 0 Å². The highest BCUT2D eigenvalue weighted by molar-refractivity contribution is 5.79. The summed E-state index contributed by atoms with van der Waals surface area (Å²) in [5, 5.41) is 13.1. The molecule has 2 amide bonds. The molecule has 0 saturated carbocycles. The summed E-state index contributed by atoms with van der Waals surface area (Å²) in [6, 6.07) is 7.74. The summed E-state index contributed by atoms with van der Waals surface area (Å²) >= 11 is 0. The number of carbonyl (C=O) groups excluding carboxylic acids is 2. The van der Waals surface area contributed by atoms with Crippen molar-refractivity contribution in [1.82, 2.24) is 10.2 Å². The summed E-state index contributed by atoms with van der Waals surface area (Å²) in [7, 11) is 0. The molecule has 1 aliphatic heterocycles. The summed E-state index contributed by atoms with van der Waals surface area (Å²) in [6.45, 7) is 7.94. The molecule has 1 aliphatic rings. The van der Waals surface area contributed by atoms with Crippen LogP contribution in [0.2, 0.25) is 0 Å². The predicted octanol–water partition coefficient (Wildman–Crippen LogP) is 2.05. The van der Waals surface area contributed by atoms with E-state index in [0.717, 1.165) is 12.0 Å². The van der Waals surface area contributed by atoms with Gasteiger partial charge in [0, 0.05) is 20.0 Å². The van der Waals surface area contributed by atoms with Crippen molar-refractivity contribution in [2.45, 2.75) is 52.2 Å². The number of benzene rings is 1. The second kappa shape index (κ2) is 7.34. The van der Waals surface area contributed by atoms with E-state index in [1.807, 2.05) is 32.0 Å². The van der Waals surface area contributed by atoms with Gasteiger partial charge in [0.15, 0.2) is 0 Å². The Morgan fingerprint density at radius 2 is 2.04 bits per heavy atom. The fourth-order valence-corrected chi connectivity index (χ4v) is 2.98. The lowest BCUT2D eigenvalue weighted by Crippen LogP contribution is -2.46. The molecule has 2 atom stereocenters. The molecule has 0 radical (unpaired) electrons. The normalized spacial score (nSPS) is 19.6. The third-order valence-corrected chi connectivity index (χ3v) is 5.08. The number of nitrogens with one attached hydrogen (secondary N) is 1. The Morgan fingerprint density at radius 1 is 1.38 bits per heavy atom.